The highest BCUT2D eigenvalue weighted by Gasteiger charge is 2.38. The summed E-state index contributed by atoms with van der Waals surface area (Å²) in [6.07, 6.45) is -4.17. The van der Waals surface area contributed by atoms with E-state index in [4.69, 9.17) is 4.42 Å². The Balaban J connectivity index is 1.62. The number of sulfonamides is 1. The molecule has 14 heteroatoms. The summed E-state index contributed by atoms with van der Waals surface area (Å²) >= 11 is 0. The lowest BCUT2D eigenvalue weighted by Gasteiger charge is -2.37. The van der Waals surface area contributed by atoms with Crippen LogP contribution in [0.2, 0.25) is 0 Å². The van der Waals surface area contributed by atoms with Crippen LogP contribution in [0.5, 0.6) is 5.75 Å². The summed E-state index contributed by atoms with van der Waals surface area (Å²) in [5.74, 6) is -6.91. The van der Waals surface area contributed by atoms with E-state index in [0.29, 0.717) is 0 Å². The van der Waals surface area contributed by atoms with Gasteiger partial charge in [-0.1, -0.05) is 0 Å². The molecule has 0 atom stereocenters. The maximum absolute atomic E-state index is 14.3. The average molecular weight is 491 g/mol. The van der Waals surface area contributed by atoms with Crippen molar-refractivity contribution in [3.8, 4) is 17.2 Å². The normalized spacial score (nSPS) is 15.6. The number of alkyl halides is 3. The lowest BCUT2D eigenvalue weighted by Crippen LogP contribution is -2.60. The summed E-state index contributed by atoms with van der Waals surface area (Å²) in [5.41, 5.74) is -2.76. The van der Waals surface area contributed by atoms with E-state index in [1.165, 1.54) is 22.5 Å². The molecular weight excluding hydrogens is 477 g/mol. The standard InChI is InChI=1S/C19H14F5N3O5S/c1-33(30,31)27-6-9(7-27)25-17(29)8-2-3-13-12(4-8)26-18(32-13)10-5-11(19(22,23)24)15(21)16(28)14(10)20/h2-5,9,28H,6-7H2,1H3,(H,25,29). The van der Waals surface area contributed by atoms with E-state index in [1.807, 2.05) is 0 Å². The number of phenolic OH excluding ortho intramolecular Hbond substituents is 1. The number of carbonyl (C=O) groups is 1. The lowest BCUT2D eigenvalue weighted by molar-refractivity contribution is -0.140. The smallest absolute Gasteiger partial charge is 0.419 e. The van der Waals surface area contributed by atoms with Crippen LogP contribution in [-0.4, -0.2) is 54.1 Å². The molecule has 1 amide bonds. The van der Waals surface area contributed by atoms with Gasteiger partial charge in [0, 0.05) is 18.7 Å². The number of nitrogens with one attached hydrogen (secondary N) is 1. The van der Waals surface area contributed by atoms with Gasteiger partial charge in [0.25, 0.3) is 5.91 Å². The first-order valence-corrected chi connectivity index (χ1v) is 11.1. The van der Waals surface area contributed by atoms with Crippen molar-refractivity contribution < 1.29 is 44.7 Å². The largest absolute Gasteiger partial charge is 0.503 e. The number of rotatable bonds is 4. The summed E-state index contributed by atoms with van der Waals surface area (Å²) in [6, 6.07) is 3.55. The molecule has 1 saturated heterocycles. The Labute approximate surface area is 182 Å². The molecule has 1 fully saturated rings. The fourth-order valence-corrected chi connectivity index (χ4v) is 4.14. The van der Waals surface area contributed by atoms with Crippen molar-refractivity contribution in [1.29, 1.82) is 0 Å². The highest BCUT2D eigenvalue weighted by atomic mass is 32.2. The van der Waals surface area contributed by atoms with Gasteiger partial charge in [0.1, 0.15) is 5.52 Å². The third-order valence-corrected chi connectivity index (χ3v) is 6.25. The van der Waals surface area contributed by atoms with Crippen molar-refractivity contribution in [2.24, 2.45) is 0 Å². The summed E-state index contributed by atoms with van der Waals surface area (Å²) in [6.45, 7) is 0.214. The molecule has 2 N–H and O–H groups in total. The van der Waals surface area contributed by atoms with Gasteiger partial charge < -0.3 is 14.8 Å². The Kier molecular flexibility index (Phi) is 5.32. The van der Waals surface area contributed by atoms with Crippen molar-refractivity contribution in [2.45, 2.75) is 12.2 Å². The van der Waals surface area contributed by atoms with E-state index in [2.05, 4.69) is 10.3 Å². The number of aromatic hydroxyl groups is 1. The lowest BCUT2D eigenvalue weighted by atomic mass is 10.1. The molecule has 8 nitrogen and oxygen atoms in total. The van der Waals surface area contributed by atoms with Crippen LogP contribution in [-0.2, 0) is 16.2 Å². The number of carbonyl (C=O) groups excluding carboxylic acids is 1. The molecule has 176 valence electrons. The molecular formula is C19H14F5N3O5S. The molecule has 4 rings (SSSR count). The first kappa shape index (κ1) is 22.9. The van der Waals surface area contributed by atoms with E-state index in [1.54, 1.807) is 0 Å². The molecule has 33 heavy (non-hydrogen) atoms. The Bertz CT molecular complexity index is 1380. The molecule has 0 aliphatic carbocycles. The second kappa shape index (κ2) is 7.66. The molecule has 0 spiro atoms. The monoisotopic (exact) mass is 491 g/mol. The van der Waals surface area contributed by atoms with E-state index >= 15 is 0 Å². The van der Waals surface area contributed by atoms with Crippen molar-refractivity contribution in [3.05, 3.63) is 47.0 Å². The van der Waals surface area contributed by atoms with Crippen molar-refractivity contribution in [1.82, 2.24) is 14.6 Å². The molecule has 1 aliphatic heterocycles. The Morgan fingerprint density at radius 1 is 1.21 bits per heavy atom. The number of halogens is 5. The van der Waals surface area contributed by atoms with Crippen molar-refractivity contribution in [3.63, 3.8) is 0 Å². The average Bonchev–Trinajstić information content (AvgIpc) is 3.09. The molecule has 1 aliphatic rings. The minimum absolute atomic E-state index is 0.00906. The van der Waals surface area contributed by atoms with Gasteiger partial charge in [-0.2, -0.15) is 17.5 Å². The number of benzene rings is 2. The zero-order valence-electron chi connectivity index (χ0n) is 16.6. The predicted octanol–water partition coefficient (Wildman–Crippen LogP) is 2.87. The van der Waals surface area contributed by atoms with Crippen LogP contribution in [0.25, 0.3) is 22.6 Å². The van der Waals surface area contributed by atoms with E-state index < -0.39 is 62.6 Å². The first-order valence-electron chi connectivity index (χ1n) is 9.21. The quantitative estimate of drug-likeness (QED) is 0.543. The third-order valence-electron chi connectivity index (χ3n) is 5.02. The van der Waals surface area contributed by atoms with Crippen LogP contribution in [0.4, 0.5) is 22.0 Å². The number of oxazole rings is 1. The molecule has 1 aromatic heterocycles. The van der Waals surface area contributed by atoms with Crippen molar-refractivity contribution >= 4 is 27.0 Å². The summed E-state index contributed by atoms with van der Waals surface area (Å²) < 4.78 is 96.2. The number of hydrogen-bond acceptors (Lipinski definition) is 6. The molecule has 0 radical (unpaired) electrons. The minimum Gasteiger partial charge on any atom is -0.503 e. The molecule has 0 unspecified atom stereocenters. The molecule has 2 aromatic carbocycles. The van der Waals surface area contributed by atoms with Crippen LogP contribution in [0, 0.1) is 11.6 Å². The van der Waals surface area contributed by atoms with Gasteiger partial charge in [0.05, 0.1) is 23.4 Å². The SMILES string of the molecule is CS(=O)(=O)N1CC(NC(=O)c2ccc3oc(-c4cc(C(F)(F)F)c(F)c(O)c4F)nc3c2)C1. The zero-order valence-corrected chi connectivity index (χ0v) is 17.4. The maximum Gasteiger partial charge on any atom is 0.419 e. The van der Waals surface area contributed by atoms with Gasteiger partial charge in [-0.25, -0.2) is 22.2 Å². The molecule has 3 aromatic rings. The van der Waals surface area contributed by atoms with Gasteiger partial charge in [0.2, 0.25) is 15.9 Å². The van der Waals surface area contributed by atoms with E-state index in [-0.39, 0.29) is 35.8 Å². The number of nitrogens with zero attached hydrogens (tertiary/aromatic N) is 2. The van der Waals surface area contributed by atoms with Crippen LogP contribution in [0.1, 0.15) is 15.9 Å². The molecule has 2 heterocycles. The highest BCUT2D eigenvalue weighted by Crippen LogP contribution is 2.40. The molecule has 0 bridgehead atoms. The number of fused-ring (bicyclic) bond motifs is 1. The number of aromatic nitrogens is 1. The van der Waals surface area contributed by atoms with Crippen molar-refractivity contribution in [2.75, 3.05) is 19.3 Å². The Morgan fingerprint density at radius 3 is 2.48 bits per heavy atom. The van der Waals surface area contributed by atoms with Crippen LogP contribution >= 0.6 is 0 Å². The van der Waals surface area contributed by atoms with E-state index in [0.717, 1.165) is 6.26 Å². The van der Waals surface area contributed by atoms with E-state index in [9.17, 15) is 40.3 Å². The minimum atomic E-state index is -5.21. The summed E-state index contributed by atoms with van der Waals surface area (Å²) in [5, 5.41) is 12.1. The fourth-order valence-electron chi connectivity index (χ4n) is 3.24. The van der Waals surface area contributed by atoms with Gasteiger partial charge in [-0.3, -0.25) is 4.79 Å². The maximum atomic E-state index is 14.3. The van der Waals surface area contributed by atoms with Crippen LogP contribution in [0.15, 0.2) is 28.7 Å². The zero-order chi connectivity index (χ0) is 24.3. The van der Waals surface area contributed by atoms with Gasteiger partial charge in [-0.15, -0.1) is 0 Å². The second-order valence-corrected chi connectivity index (χ2v) is 9.38. The summed E-state index contributed by atoms with van der Waals surface area (Å²) in [4.78, 5) is 16.3. The highest BCUT2D eigenvalue weighted by molar-refractivity contribution is 7.88. The predicted molar refractivity (Wildman–Crippen MR) is 104 cm³/mol. The van der Waals surface area contributed by atoms with Gasteiger partial charge >= 0.3 is 6.18 Å². The third kappa shape index (κ3) is 4.23. The Morgan fingerprint density at radius 2 is 1.88 bits per heavy atom. The summed E-state index contributed by atoms with van der Waals surface area (Å²) in [7, 11) is -3.36. The molecule has 0 saturated carbocycles. The first-order chi connectivity index (χ1) is 15.3. The second-order valence-electron chi connectivity index (χ2n) is 7.40. The Hall–Kier alpha value is -3.26. The van der Waals surface area contributed by atoms with Crippen LogP contribution < -0.4 is 5.32 Å². The van der Waals surface area contributed by atoms with Gasteiger partial charge in [-0.05, 0) is 24.3 Å². The fraction of sp³-hybridized carbons (Fsp3) is 0.263. The van der Waals surface area contributed by atoms with Gasteiger partial charge in [0.15, 0.2) is 23.0 Å². The topological polar surface area (TPSA) is 113 Å². The van der Waals surface area contributed by atoms with Crippen LogP contribution in [0.3, 0.4) is 0 Å². The number of hydrogen-bond donors (Lipinski definition) is 2. The number of phenols is 1. The number of amides is 1.